The van der Waals surface area contributed by atoms with Gasteiger partial charge in [-0.2, -0.15) is 0 Å². The van der Waals surface area contributed by atoms with Crippen molar-refractivity contribution in [3.63, 3.8) is 0 Å². The summed E-state index contributed by atoms with van der Waals surface area (Å²) >= 11 is 0. The maximum absolute atomic E-state index is 11.9. The highest BCUT2D eigenvalue weighted by Gasteiger charge is 2.08. The molecule has 2 rings (SSSR count). The molecule has 0 fully saturated rings. The largest absolute Gasteiger partial charge is 0.508 e. The van der Waals surface area contributed by atoms with Crippen LogP contribution in [0.2, 0.25) is 0 Å². The van der Waals surface area contributed by atoms with E-state index in [-0.39, 0.29) is 29.3 Å². The van der Waals surface area contributed by atoms with Gasteiger partial charge in [-0.15, -0.1) is 0 Å². The lowest BCUT2D eigenvalue weighted by Crippen LogP contribution is -2.25. The maximum atomic E-state index is 11.9. The van der Waals surface area contributed by atoms with Crippen molar-refractivity contribution in [2.24, 2.45) is 7.05 Å². The van der Waals surface area contributed by atoms with Crippen molar-refractivity contribution in [2.75, 3.05) is 5.73 Å². The maximum Gasteiger partial charge on any atom is 0.251 e. The average Bonchev–Trinajstić information content (AvgIpc) is 2.42. The van der Waals surface area contributed by atoms with Gasteiger partial charge in [0.25, 0.3) is 11.5 Å². The minimum absolute atomic E-state index is 0.0588. The number of nitrogen functional groups attached to an aromatic ring is 1. The summed E-state index contributed by atoms with van der Waals surface area (Å²) in [5.41, 5.74) is 6.64. The molecular weight excluding hydrogens is 258 g/mol. The van der Waals surface area contributed by atoms with Gasteiger partial charge in [-0.25, -0.2) is 0 Å². The number of aryl methyl sites for hydroxylation is 1. The highest BCUT2D eigenvalue weighted by molar-refractivity contribution is 5.93. The lowest BCUT2D eigenvalue weighted by molar-refractivity contribution is 0.0950. The normalized spacial score (nSPS) is 10.2. The number of carbonyl (C=O) groups is 1. The van der Waals surface area contributed by atoms with Crippen LogP contribution >= 0.6 is 0 Å². The molecule has 0 saturated carbocycles. The Morgan fingerprint density at radius 3 is 2.80 bits per heavy atom. The number of rotatable bonds is 3. The third-order valence-electron chi connectivity index (χ3n) is 2.91. The quantitative estimate of drug-likeness (QED) is 0.563. The Bertz CT molecular complexity index is 707. The number of amides is 1. The van der Waals surface area contributed by atoms with Crippen molar-refractivity contribution in [1.82, 2.24) is 9.88 Å². The Morgan fingerprint density at radius 2 is 2.10 bits per heavy atom. The summed E-state index contributed by atoms with van der Waals surface area (Å²) in [6, 6.07) is 7.43. The topological polar surface area (TPSA) is 97.3 Å². The number of hydrogen-bond acceptors (Lipinski definition) is 4. The molecule has 0 aliphatic carbocycles. The molecule has 1 heterocycles. The van der Waals surface area contributed by atoms with E-state index in [0.717, 1.165) is 0 Å². The van der Waals surface area contributed by atoms with E-state index < -0.39 is 0 Å². The van der Waals surface area contributed by atoms with Gasteiger partial charge in [0.05, 0.1) is 0 Å². The molecule has 0 spiro atoms. The van der Waals surface area contributed by atoms with Crippen LogP contribution in [0.1, 0.15) is 15.9 Å². The van der Waals surface area contributed by atoms with Crippen molar-refractivity contribution < 1.29 is 9.90 Å². The lowest BCUT2D eigenvalue weighted by atomic mass is 10.1. The molecule has 0 atom stereocenters. The van der Waals surface area contributed by atoms with Crippen LogP contribution in [0.4, 0.5) is 5.69 Å². The van der Waals surface area contributed by atoms with Crippen molar-refractivity contribution in [3.05, 3.63) is 58.0 Å². The van der Waals surface area contributed by atoms with E-state index in [0.29, 0.717) is 11.3 Å². The molecule has 0 radical (unpaired) electrons. The molecule has 0 saturated heterocycles. The van der Waals surface area contributed by atoms with Gasteiger partial charge < -0.3 is 20.7 Å². The molecule has 2 aromatic rings. The van der Waals surface area contributed by atoms with Crippen LogP contribution in [0.5, 0.6) is 5.75 Å². The number of aromatic hydroxyl groups is 1. The fraction of sp³-hybridized carbons (Fsp3) is 0.143. The monoisotopic (exact) mass is 273 g/mol. The SMILES string of the molecule is Cn1ccc(C(=O)NCc2cc(N)ccc2O)cc1=O. The predicted molar refractivity (Wildman–Crippen MR) is 75.4 cm³/mol. The second-order valence-electron chi connectivity index (χ2n) is 4.44. The van der Waals surface area contributed by atoms with E-state index in [1.165, 1.54) is 22.9 Å². The lowest BCUT2D eigenvalue weighted by Gasteiger charge is -2.08. The molecule has 1 aromatic heterocycles. The minimum Gasteiger partial charge on any atom is -0.508 e. The van der Waals surface area contributed by atoms with Crippen LogP contribution in [0, 0.1) is 0 Å². The Hall–Kier alpha value is -2.76. The number of anilines is 1. The number of nitrogens with one attached hydrogen (secondary N) is 1. The molecule has 0 aliphatic rings. The Kier molecular flexibility index (Phi) is 3.74. The van der Waals surface area contributed by atoms with Crippen molar-refractivity contribution in [1.29, 1.82) is 0 Å². The molecule has 1 amide bonds. The number of aromatic nitrogens is 1. The summed E-state index contributed by atoms with van der Waals surface area (Å²) in [4.78, 5) is 23.3. The molecule has 0 bridgehead atoms. The molecule has 4 N–H and O–H groups in total. The molecule has 0 unspecified atom stereocenters. The van der Waals surface area contributed by atoms with Gasteiger partial charge in [0.15, 0.2) is 0 Å². The number of nitrogens with zero attached hydrogens (tertiary/aromatic N) is 1. The molecule has 0 aliphatic heterocycles. The number of pyridine rings is 1. The first-order valence-electron chi connectivity index (χ1n) is 5.99. The Balaban J connectivity index is 2.10. The summed E-state index contributed by atoms with van der Waals surface area (Å²) in [5, 5.41) is 12.3. The fourth-order valence-corrected chi connectivity index (χ4v) is 1.71. The van der Waals surface area contributed by atoms with E-state index in [4.69, 9.17) is 5.73 Å². The first-order chi connectivity index (χ1) is 9.47. The van der Waals surface area contributed by atoms with Crippen molar-refractivity contribution in [2.45, 2.75) is 6.54 Å². The number of nitrogens with two attached hydrogens (primary N) is 1. The molecule has 104 valence electrons. The first-order valence-corrected chi connectivity index (χ1v) is 5.99. The van der Waals surface area contributed by atoms with Gasteiger partial charge in [0.2, 0.25) is 0 Å². The first kappa shape index (κ1) is 13.7. The van der Waals surface area contributed by atoms with Crippen LogP contribution in [-0.4, -0.2) is 15.6 Å². The predicted octanol–water partition coefficient (Wildman–Crippen LogP) is 0.603. The van der Waals surface area contributed by atoms with Crippen LogP contribution < -0.4 is 16.6 Å². The van der Waals surface area contributed by atoms with Gasteiger partial charge in [-0.1, -0.05) is 0 Å². The standard InChI is InChI=1S/C14H15N3O3/c1-17-5-4-9(7-13(17)19)14(20)16-8-10-6-11(15)2-3-12(10)18/h2-7,18H,8,15H2,1H3,(H,16,20). The van der Waals surface area contributed by atoms with E-state index in [9.17, 15) is 14.7 Å². The van der Waals surface area contributed by atoms with Gasteiger partial charge in [-0.05, 0) is 24.3 Å². The highest BCUT2D eigenvalue weighted by Crippen LogP contribution is 2.19. The molecule has 6 heteroatoms. The third kappa shape index (κ3) is 2.97. The summed E-state index contributed by atoms with van der Waals surface area (Å²) in [5.74, 6) is -0.326. The highest BCUT2D eigenvalue weighted by atomic mass is 16.3. The van der Waals surface area contributed by atoms with Crippen LogP contribution in [-0.2, 0) is 13.6 Å². The van der Waals surface area contributed by atoms with E-state index in [2.05, 4.69) is 5.32 Å². The van der Waals surface area contributed by atoms with Crippen LogP contribution in [0.3, 0.4) is 0 Å². The second-order valence-corrected chi connectivity index (χ2v) is 4.44. The van der Waals surface area contributed by atoms with E-state index in [1.807, 2.05) is 0 Å². The molecular formula is C14H15N3O3. The van der Waals surface area contributed by atoms with E-state index >= 15 is 0 Å². The molecule has 20 heavy (non-hydrogen) atoms. The zero-order valence-electron chi connectivity index (χ0n) is 11.0. The number of carbonyl (C=O) groups excluding carboxylic acids is 1. The smallest absolute Gasteiger partial charge is 0.251 e. The summed E-state index contributed by atoms with van der Waals surface area (Å²) in [6.07, 6.45) is 1.52. The summed E-state index contributed by atoms with van der Waals surface area (Å²) < 4.78 is 1.38. The zero-order chi connectivity index (χ0) is 14.7. The van der Waals surface area contributed by atoms with Gasteiger partial charge in [0.1, 0.15) is 5.75 Å². The zero-order valence-corrected chi connectivity index (χ0v) is 11.0. The fourth-order valence-electron chi connectivity index (χ4n) is 1.71. The van der Waals surface area contributed by atoms with Crippen molar-refractivity contribution in [3.8, 4) is 5.75 Å². The molecule has 6 nitrogen and oxygen atoms in total. The van der Waals surface area contributed by atoms with Crippen LogP contribution in [0.15, 0.2) is 41.3 Å². The molecule has 1 aromatic carbocycles. The summed E-state index contributed by atoms with van der Waals surface area (Å²) in [6.45, 7) is 0.130. The number of hydrogen-bond donors (Lipinski definition) is 3. The van der Waals surface area contributed by atoms with E-state index in [1.54, 1.807) is 25.2 Å². The average molecular weight is 273 g/mol. The van der Waals surface area contributed by atoms with Gasteiger partial charge >= 0.3 is 0 Å². The number of phenols is 1. The Labute approximate surface area is 115 Å². The number of benzene rings is 1. The van der Waals surface area contributed by atoms with Gasteiger partial charge in [0, 0.05) is 42.7 Å². The van der Waals surface area contributed by atoms with Crippen LogP contribution in [0.25, 0.3) is 0 Å². The van der Waals surface area contributed by atoms with Gasteiger partial charge in [-0.3, -0.25) is 9.59 Å². The third-order valence-corrected chi connectivity index (χ3v) is 2.91. The van der Waals surface area contributed by atoms with Crippen molar-refractivity contribution >= 4 is 11.6 Å². The Morgan fingerprint density at radius 1 is 1.35 bits per heavy atom. The minimum atomic E-state index is -0.385. The summed E-state index contributed by atoms with van der Waals surface area (Å²) in [7, 11) is 1.61. The second kappa shape index (κ2) is 5.48. The number of phenolic OH excluding ortho intramolecular Hbond substituents is 1.